The first-order valence-electron chi connectivity index (χ1n) is 7.68. The molecule has 118 valence electrons. The highest BCUT2D eigenvalue weighted by molar-refractivity contribution is 5.74. The van der Waals surface area contributed by atoms with E-state index in [-0.39, 0.29) is 18.7 Å². The van der Waals surface area contributed by atoms with E-state index in [0.29, 0.717) is 18.3 Å². The molecule has 0 aromatic carbocycles. The van der Waals surface area contributed by atoms with E-state index in [4.69, 9.17) is 9.26 Å². The third-order valence-electron chi connectivity index (χ3n) is 3.44. The van der Waals surface area contributed by atoms with E-state index in [1.54, 1.807) is 4.90 Å². The molecule has 1 aliphatic rings. The lowest BCUT2D eigenvalue weighted by Crippen LogP contribution is -2.47. The van der Waals surface area contributed by atoms with Gasteiger partial charge in [-0.3, -0.25) is 0 Å². The predicted octanol–water partition coefficient (Wildman–Crippen LogP) is 1.73. The van der Waals surface area contributed by atoms with Crippen LogP contribution in [0.3, 0.4) is 0 Å². The Hall–Kier alpha value is -1.63. The maximum Gasteiger partial charge on any atom is 0.317 e. The summed E-state index contributed by atoms with van der Waals surface area (Å²) in [5.41, 5.74) is 0. The van der Waals surface area contributed by atoms with Crippen LogP contribution in [0, 0.1) is 0 Å². The number of nitrogens with zero attached hydrogens (tertiary/aromatic N) is 3. The number of aryl methyl sites for hydroxylation is 1. The largest absolute Gasteiger partial charge is 0.376 e. The fourth-order valence-electron chi connectivity index (χ4n) is 2.31. The fourth-order valence-corrected chi connectivity index (χ4v) is 2.31. The maximum absolute atomic E-state index is 12.1. The number of urea groups is 1. The van der Waals surface area contributed by atoms with Gasteiger partial charge >= 0.3 is 6.03 Å². The SMILES string of the molecule is CCCO[C@H]1CCCN(C(=O)NCc2nc(CC)no2)C1. The second-order valence-corrected chi connectivity index (χ2v) is 5.20. The summed E-state index contributed by atoms with van der Waals surface area (Å²) in [4.78, 5) is 18.1. The Morgan fingerprint density at radius 3 is 3.10 bits per heavy atom. The molecule has 1 N–H and O–H groups in total. The lowest BCUT2D eigenvalue weighted by molar-refractivity contribution is 0.00995. The number of amides is 2. The normalized spacial score (nSPS) is 18.8. The molecule has 0 aliphatic carbocycles. The third-order valence-corrected chi connectivity index (χ3v) is 3.44. The lowest BCUT2D eigenvalue weighted by atomic mass is 10.1. The Kier molecular flexibility index (Phi) is 5.98. The highest BCUT2D eigenvalue weighted by Gasteiger charge is 2.24. The van der Waals surface area contributed by atoms with Crippen molar-refractivity contribution in [2.45, 2.75) is 52.2 Å². The zero-order valence-electron chi connectivity index (χ0n) is 12.8. The number of carbonyl (C=O) groups is 1. The number of rotatable bonds is 6. The number of nitrogens with one attached hydrogen (secondary N) is 1. The molecule has 0 radical (unpaired) electrons. The zero-order valence-corrected chi connectivity index (χ0v) is 12.8. The molecule has 1 aliphatic heterocycles. The van der Waals surface area contributed by atoms with Crippen molar-refractivity contribution in [2.24, 2.45) is 0 Å². The molecule has 7 heteroatoms. The summed E-state index contributed by atoms with van der Waals surface area (Å²) >= 11 is 0. The van der Waals surface area contributed by atoms with Crippen LogP contribution >= 0.6 is 0 Å². The van der Waals surface area contributed by atoms with Crippen LogP contribution in [0.2, 0.25) is 0 Å². The van der Waals surface area contributed by atoms with E-state index in [1.165, 1.54) is 0 Å². The van der Waals surface area contributed by atoms with Crippen molar-refractivity contribution in [1.82, 2.24) is 20.4 Å². The van der Waals surface area contributed by atoms with E-state index >= 15 is 0 Å². The molecule has 2 heterocycles. The van der Waals surface area contributed by atoms with Gasteiger partial charge in [0.25, 0.3) is 0 Å². The average molecular weight is 296 g/mol. The van der Waals surface area contributed by atoms with Crippen molar-refractivity contribution >= 4 is 6.03 Å². The number of likely N-dealkylation sites (tertiary alicyclic amines) is 1. The summed E-state index contributed by atoms with van der Waals surface area (Å²) in [6.45, 7) is 6.47. The van der Waals surface area contributed by atoms with Crippen molar-refractivity contribution in [3.8, 4) is 0 Å². The Labute approximate surface area is 125 Å². The minimum absolute atomic E-state index is 0.101. The second kappa shape index (κ2) is 7.97. The third kappa shape index (κ3) is 4.70. The molecular weight excluding hydrogens is 272 g/mol. The average Bonchev–Trinajstić information content (AvgIpc) is 2.99. The Balaban J connectivity index is 1.76. The molecule has 1 atom stereocenters. The van der Waals surface area contributed by atoms with Crippen LogP contribution in [0.15, 0.2) is 4.52 Å². The van der Waals surface area contributed by atoms with Crippen LogP contribution in [-0.2, 0) is 17.7 Å². The van der Waals surface area contributed by atoms with Gasteiger partial charge in [-0.2, -0.15) is 4.98 Å². The molecule has 0 spiro atoms. The van der Waals surface area contributed by atoms with E-state index < -0.39 is 0 Å². The summed E-state index contributed by atoms with van der Waals surface area (Å²) in [5, 5.41) is 6.62. The first-order chi connectivity index (χ1) is 10.2. The van der Waals surface area contributed by atoms with Gasteiger partial charge in [0.1, 0.15) is 0 Å². The monoisotopic (exact) mass is 296 g/mol. The van der Waals surface area contributed by atoms with Gasteiger partial charge in [0.2, 0.25) is 5.89 Å². The van der Waals surface area contributed by atoms with Gasteiger partial charge in [-0.15, -0.1) is 0 Å². The van der Waals surface area contributed by atoms with Crippen LogP contribution in [0.5, 0.6) is 0 Å². The minimum Gasteiger partial charge on any atom is -0.376 e. The first kappa shape index (κ1) is 15.8. The molecule has 1 saturated heterocycles. The van der Waals surface area contributed by atoms with E-state index in [0.717, 1.165) is 38.8 Å². The molecule has 21 heavy (non-hydrogen) atoms. The number of carbonyl (C=O) groups excluding carboxylic acids is 1. The molecule has 2 rings (SSSR count). The van der Waals surface area contributed by atoms with Crippen molar-refractivity contribution < 1.29 is 14.1 Å². The van der Waals surface area contributed by atoms with Gasteiger partial charge in [0.15, 0.2) is 5.82 Å². The second-order valence-electron chi connectivity index (χ2n) is 5.20. The van der Waals surface area contributed by atoms with Gasteiger partial charge in [0.05, 0.1) is 12.6 Å². The van der Waals surface area contributed by atoms with Crippen molar-refractivity contribution in [1.29, 1.82) is 0 Å². The highest BCUT2D eigenvalue weighted by atomic mass is 16.5. The van der Waals surface area contributed by atoms with Crippen molar-refractivity contribution in [3.63, 3.8) is 0 Å². The van der Waals surface area contributed by atoms with Gasteiger partial charge in [0, 0.05) is 26.1 Å². The molecule has 0 saturated carbocycles. The fraction of sp³-hybridized carbons (Fsp3) is 0.786. The van der Waals surface area contributed by atoms with Crippen LogP contribution < -0.4 is 5.32 Å². The van der Waals surface area contributed by atoms with Crippen LogP contribution in [0.25, 0.3) is 0 Å². The molecule has 0 bridgehead atoms. The molecule has 1 fully saturated rings. The standard InChI is InChI=1S/C14H24N4O3/c1-3-8-20-11-6-5-7-18(10-11)14(19)15-9-13-16-12(4-2)17-21-13/h11H,3-10H2,1-2H3,(H,15,19)/t11-/m0/s1. The summed E-state index contributed by atoms with van der Waals surface area (Å²) in [7, 11) is 0. The predicted molar refractivity (Wildman–Crippen MR) is 76.7 cm³/mol. The van der Waals surface area contributed by atoms with Crippen molar-refractivity contribution in [3.05, 3.63) is 11.7 Å². The first-order valence-corrected chi connectivity index (χ1v) is 7.68. The Morgan fingerprint density at radius 2 is 2.38 bits per heavy atom. The number of hydrogen-bond donors (Lipinski definition) is 1. The Morgan fingerprint density at radius 1 is 1.52 bits per heavy atom. The quantitative estimate of drug-likeness (QED) is 0.864. The van der Waals surface area contributed by atoms with E-state index in [9.17, 15) is 4.79 Å². The smallest absolute Gasteiger partial charge is 0.317 e. The number of ether oxygens (including phenoxy) is 1. The number of aromatic nitrogens is 2. The summed E-state index contributed by atoms with van der Waals surface area (Å²) in [5.74, 6) is 1.10. The topological polar surface area (TPSA) is 80.5 Å². The van der Waals surface area contributed by atoms with E-state index in [1.807, 2.05) is 6.92 Å². The van der Waals surface area contributed by atoms with Crippen LogP contribution in [0.1, 0.15) is 44.8 Å². The summed E-state index contributed by atoms with van der Waals surface area (Å²) in [6, 6.07) is -0.101. The zero-order chi connectivity index (χ0) is 15.1. The summed E-state index contributed by atoms with van der Waals surface area (Å²) < 4.78 is 10.8. The molecule has 7 nitrogen and oxygen atoms in total. The molecule has 0 unspecified atom stereocenters. The van der Waals surface area contributed by atoms with Crippen LogP contribution in [0.4, 0.5) is 4.79 Å². The van der Waals surface area contributed by atoms with E-state index in [2.05, 4.69) is 22.4 Å². The number of hydrogen-bond acceptors (Lipinski definition) is 5. The van der Waals surface area contributed by atoms with Gasteiger partial charge in [-0.05, 0) is 19.3 Å². The Bertz CT molecular complexity index is 449. The van der Waals surface area contributed by atoms with Gasteiger partial charge < -0.3 is 19.5 Å². The van der Waals surface area contributed by atoms with Gasteiger partial charge in [-0.25, -0.2) is 4.79 Å². The van der Waals surface area contributed by atoms with Crippen molar-refractivity contribution in [2.75, 3.05) is 19.7 Å². The summed E-state index contributed by atoms with van der Waals surface area (Å²) in [6.07, 6.45) is 3.87. The number of piperidine rings is 1. The highest BCUT2D eigenvalue weighted by Crippen LogP contribution is 2.13. The maximum atomic E-state index is 12.1. The molecule has 2 amide bonds. The molecule has 1 aromatic rings. The minimum atomic E-state index is -0.101. The molecular formula is C14H24N4O3. The van der Waals surface area contributed by atoms with Crippen LogP contribution in [-0.4, -0.2) is 46.9 Å². The van der Waals surface area contributed by atoms with Gasteiger partial charge in [-0.1, -0.05) is 19.0 Å². The molecule has 1 aromatic heterocycles. The lowest BCUT2D eigenvalue weighted by Gasteiger charge is -2.32.